The second kappa shape index (κ2) is 12.7. The number of para-hydroxylation sites is 1. The first-order valence-corrected chi connectivity index (χ1v) is 22.4. The molecule has 8 aliphatic rings. The van der Waals surface area contributed by atoms with Gasteiger partial charge in [-0.3, -0.25) is 0 Å². The van der Waals surface area contributed by atoms with Gasteiger partial charge in [-0.2, -0.15) is 5.26 Å². The highest BCUT2D eigenvalue weighted by Gasteiger charge is 2.52. The van der Waals surface area contributed by atoms with E-state index in [9.17, 15) is 5.26 Å². The van der Waals surface area contributed by atoms with Crippen molar-refractivity contribution in [2.75, 3.05) is 0 Å². The van der Waals surface area contributed by atoms with Gasteiger partial charge in [-0.1, -0.05) is 91.0 Å². The van der Waals surface area contributed by atoms with Crippen molar-refractivity contribution in [3.63, 3.8) is 0 Å². The summed E-state index contributed by atoms with van der Waals surface area (Å²) < 4.78 is 6.11. The topological polar surface area (TPSA) is 75.6 Å². The van der Waals surface area contributed by atoms with Gasteiger partial charge in [-0.15, -0.1) is 0 Å². The van der Waals surface area contributed by atoms with Crippen molar-refractivity contribution >= 4 is 21.9 Å². The molecular weight excluding hydrogens is 721 g/mol. The van der Waals surface area contributed by atoms with Crippen LogP contribution >= 0.6 is 0 Å². The Labute approximate surface area is 345 Å². The number of hydrogen-bond acceptors (Lipinski definition) is 5. The summed E-state index contributed by atoms with van der Waals surface area (Å²) in [4.78, 5) is 15.6. The molecular formula is C54H48N4O. The molecule has 0 unspecified atom stereocenters. The van der Waals surface area contributed by atoms with Gasteiger partial charge in [0, 0.05) is 27.5 Å². The zero-order chi connectivity index (χ0) is 38.9. The van der Waals surface area contributed by atoms with Crippen molar-refractivity contribution in [1.82, 2.24) is 15.0 Å². The van der Waals surface area contributed by atoms with E-state index in [1.807, 2.05) is 18.2 Å². The molecule has 0 aliphatic heterocycles. The van der Waals surface area contributed by atoms with Gasteiger partial charge in [-0.25, -0.2) is 15.0 Å². The highest BCUT2D eigenvalue weighted by atomic mass is 16.3. The third kappa shape index (κ3) is 5.51. The zero-order valence-electron chi connectivity index (χ0n) is 33.5. The highest BCUT2D eigenvalue weighted by Crippen LogP contribution is 2.62. The summed E-state index contributed by atoms with van der Waals surface area (Å²) >= 11 is 0. The molecule has 0 atom stereocenters. The van der Waals surface area contributed by atoms with E-state index < -0.39 is 0 Å². The summed E-state index contributed by atoms with van der Waals surface area (Å²) in [6.45, 7) is 0. The molecule has 0 amide bonds. The molecule has 8 saturated carbocycles. The predicted molar refractivity (Wildman–Crippen MR) is 233 cm³/mol. The minimum absolute atomic E-state index is 0.359. The summed E-state index contributed by atoms with van der Waals surface area (Å²) in [5.41, 5.74) is 11.0. The lowest BCUT2D eigenvalue weighted by atomic mass is 9.48. The van der Waals surface area contributed by atoms with Crippen molar-refractivity contribution < 1.29 is 4.42 Å². The van der Waals surface area contributed by atoms with Crippen LogP contribution in [0.4, 0.5) is 0 Å². The molecule has 5 nitrogen and oxygen atoms in total. The Hall–Kier alpha value is -5.60. The fourth-order valence-electron chi connectivity index (χ4n) is 14.5. The lowest BCUT2D eigenvalue weighted by molar-refractivity contribution is -0.00530. The molecule has 0 radical (unpaired) electrons. The molecule has 15 rings (SSSR count). The van der Waals surface area contributed by atoms with Gasteiger partial charge in [0.15, 0.2) is 23.1 Å². The standard InChI is InChI=1S/C54H48N4O/c55-31-43-2-1-3-46-47-24-42(12-17-48(47)59-49(43)46)38-4-6-39(7-5-38)50-56-51(40-8-13-44(14-9-40)53-25-32-18-33(26-53)20-34(19-32)27-53)58-52(57-50)41-10-15-45(16-11-41)54-28-35-21-36(29-54)23-37(22-35)30-54/h1-17,24,32-37H,18-23,25-30H2/t32-,33-,34-,35-,36+,37-,53?,54?. The quantitative estimate of drug-likeness (QED) is 0.168. The lowest BCUT2D eigenvalue weighted by Gasteiger charge is -2.57. The Bertz CT molecular complexity index is 2670. The van der Waals surface area contributed by atoms with Crippen molar-refractivity contribution in [2.45, 2.75) is 87.9 Å². The van der Waals surface area contributed by atoms with Gasteiger partial charge in [0.05, 0.1) is 5.56 Å². The van der Waals surface area contributed by atoms with Crippen LogP contribution in [0.2, 0.25) is 0 Å². The molecule has 2 heterocycles. The van der Waals surface area contributed by atoms with Crippen LogP contribution in [-0.4, -0.2) is 15.0 Å². The van der Waals surface area contributed by atoms with Gasteiger partial charge in [0.1, 0.15) is 11.7 Å². The Kier molecular flexibility index (Phi) is 7.38. The van der Waals surface area contributed by atoms with Gasteiger partial charge in [0.2, 0.25) is 0 Å². The summed E-state index contributed by atoms with van der Waals surface area (Å²) in [6.07, 6.45) is 16.9. The Morgan fingerprint density at radius 3 is 1.31 bits per heavy atom. The van der Waals surface area contributed by atoms with E-state index in [0.717, 1.165) is 91.3 Å². The van der Waals surface area contributed by atoms with E-state index in [1.165, 1.54) is 88.2 Å². The first kappa shape index (κ1) is 34.3. The van der Waals surface area contributed by atoms with Crippen LogP contribution in [0.25, 0.3) is 67.2 Å². The number of nitriles is 1. The highest BCUT2D eigenvalue weighted by molar-refractivity contribution is 6.07. The van der Waals surface area contributed by atoms with Crippen LogP contribution in [-0.2, 0) is 10.8 Å². The SMILES string of the molecule is N#Cc1cccc2c1oc1ccc(-c3ccc(-c4nc(-c5ccc(C67C[C@H]8C[C@@H](C6)C[C@@H](C7)C8)cc5)nc(-c5ccc(C67C[C@H]8C[C@H](C6)C[C@@H](C7)C8)cc5)n4)cc3)cc12. The molecule has 5 aromatic carbocycles. The van der Waals surface area contributed by atoms with Crippen molar-refractivity contribution in [3.05, 3.63) is 126 Å². The molecule has 0 spiro atoms. The van der Waals surface area contributed by atoms with Crippen molar-refractivity contribution in [3.8, 4) is 51.4 Å². The zero-order valence-corrected chi connectivity index (χ0v) is 33.5. The van der Waals surface area contributed by atoms with E-state index >= 15 is 0 Å². The number of rotatable bonds is 6. The normalized spacial score (nSPS) is 30.0. The number of aromatic nitrogens is 3. The minimum atomic E-state index is 0.359. The molecule has 0 saturated heterocycles. The van der Waals surface area contributed by atoms with Crippen molar-refractivity contribution in [2.24, 2.45) is 35.5 Å². The molecule has 0 N–H and O–H groups in total. The Morgan fingerprint density at radius 1 is 0.458 bits per heavy atom. The first-order valence-electron chi connectivity index (χ1n) is 22.4. The average Bonchev–Trinajstić information content (AvgIpc) is 3.64. The maximum atomic E-state index is 9.65. The van der Waals surface area contributed by atoms with Crippen LogP contribution in [0.15, 0.2) is 114 Å². The van der Waals surface area contributed by atoms with Gasteiger partial charge in [0.25, 0.3) is 0 Å². The van der Waals surface area contributed by atoms with E-state index in [0.29, 0.717) is 27.8 Å². The van der Waals surface area contributed by atoms with Crippen LogP contribution in [0, 0.1) is 46.8 Å². The monoisotopic (exact) mass is 768 g/mol. The van der Waals surface area contributed by atoms with Crippen LogP contribution in [0.3, 0.4) is 0 Å². The fraction of sp³-hybridized carbons (Fsp3) is 0.370. The Balaban J connectivity index is 0.861. The number of hydrogen-bond donors (Lipinski definition) is 0. The van der Waals surface area contributed by atoms with Crippen LogP contribution in [0.5, 0.6) is 0 Å². The smallest absolute Gasteiger partial charge is 0.164 e. The van der Waals surface area contributed by atoms with E-state index in [2.05, 4.69) is 91.0 Å². The predicted octanol–water partition coefficient (Wildman–Crippen LogP) is 13.2. The molecule has 2 aromatic heterocycles. The molecule has 7 aromatic rings. The van der Waals surface area contributed by atoms with Gasteiger partial charge >= 0.3 is 0 Å². The van der Waals surface area contributed by atoms with Crippen molar-refractivity contribution in [1.29, 1.82) is 5.26 Å². The number of fused-ring (bicyclic) bond motifs is 3. The van der Waals surface area contributed by atoms with Crippen LogP contribution < -0.4 is 0 Å². The maximum Gasteiger partial charge on any atom is 0.164 e. The van der Waals surface area contributed by atoms with Crippen LogP contribution in [0.1, 0.15) is 93.7 Å². The second-order valence-corrected chi connectivity index (χ2v) is 20.0. The minimum Gasteiger partial charge on any atom is -0.455 e. The molecule has 290 valence electrons. The molecule has 8 fully saturated rings. The fourth-order valence-corrected chi connectivity index (χ4v) is 14.5. The third-order valence-corrected chi connectivity index (χ3v) is 16.3. The number of furan rings is 1. The molecule has 8 bridgehead atoms. The third-order valence-electron chi connectivity index (χ3n) is 16.3. The summed E-state index contributed by atoms with van der Waals surface area (Å²) in [5.74, 6) is 7.65. The van der Waals surface area contributed by atoms with Gasteiger partial charge < -0.3 is 4.42 Å². The summed E-state index contributed by atoms with van der Waals surface area (Å²) in [6, 6.07) is 41.6. The second-order valence-electron chi connectivity index (χ2n) is 20.0. The Morgan fingerprint density at radius 2 is 0.864 bits per heavy atom. The summed E-state index contributed by atoms with van der Waals surface area (Å²) in [7, 11) is 0. The number of nitrogens with zero attached hydrogens (tertiary/aromatic N) is 4. The first-order chi connectivity index (χ1) is 28.9. The van der Waals surface area contributed by atoms with E-state index in [-0.39, 0.29) is 0 Å². The summed E-state index contributed by atoms with van der Waals surface area (Å²) in [5, 5.41) is 11.6. The maximum absolute atomic E-state index is 9.65. The average molecular weight is 769 g/mol. The molecule has 5 heteroatoms. The van der Waals surface area contributed by atoms with Gasteiger partial charge in [-0.05, 0) is 164 Å². The number of benzene rings is 5. The van der Waals surface area contributed by atoms with E-state index in [4.69, 9.17) is 19.4 Å². The lowest BCUT2D eigenvalue weighted by Crippen LogP contribution is -2.48. The molecule has 8 aliphatic carbocycles. The largest absolute Gasteiger partial charge is 0.455 e. The van der Waals surface area contributed by atoms with E-state index in [1.54, 1.807) is 6.07 Å². The molecule has 59 heavy (non-hydrogen) atoms.